The lowest BCUT2D eigenvalue weighted by Crippen LogP contribution is -2.37. The van der Waals surface area contributed by atoms with E-state index < -0.39 is 0 Å². The summed E-state index contributed by atoms with van der Waals surface area (Å²) in [6, 6.07) is 5.02. The van der Waals surface area contributed by atoms with E-state index in [0.29, 0.717) is 19.1 Å². The third-order valence-electron chi connectivity index (χ3n) is 3.30. The number of hydrogen-bond acceptors (Lipinski definition) is 3. The van der Waals surface area contributed by atoms with Crippen molar-refractivity contribution in [3.05, 3.63) is 29.6 Å². The quantitative estimate of drug-likeness (QED) is 0.785. The van der Waals surface area contributed by atoms with E-state index in [1.165, 1.54) is 12.1 Å². The number of hydrogen-bond donors (Lipinski definition) is 2. The smallest absolute Gasteiger partial charge is 0.123 e. The molecule has 1 aromatic carbocycles. The van der Waals surface area contributed by atoms with E-state index >= 15 is 0 Å². The lowest BCUT2D eigenvalue weighted by Gasteiger charge is -2.33. The van der Waals surface area contributed by atoms with Gasteiger partial charge in [-0.3, -0.25) is 0 Å². The van der Waals surface area contributed by atoms with Crippen LogP contribution in [0.4, 0.5) is 10.1 Å². The summed E-state index contributed by atoms with van der Waals surface area (Å²) in [5.74, 6) is -0.271. The Morgan fingerprint density at radius 3 is 2.50 bits per heavy atom. The summed E-state index contributed by atoms with van der Waals surface area (Å²) in [5.41, 5.74) is 7.40. The maximum Gasteiger partial charge on any atom is 0.123 e. The fourth-order valence-corrected chi connectivity index (χ4v) is 2.33. The molecule has 102 valence electrons. The van der Waals surface area contributed by atoms with Crippen LogP contribution < -0.4 is 10.6 Å². The summed E-state index contributed by atoms with van der Waals surface area (Å²) in [6.45, 7) is 5.16. The molecule has 0 aliphatic heterocycles. The van der Waals surface area contributed by atoms with Crippen molar-refractivity contribution < 1.29 is 9.50 Å². The normalized spacial score (nSPS) is 11.0. The second kappa shape index (κ2) is 7.34. The Hall–Kier alpha value is -1.13. The second-order valence-electron chi connectivity index (χ2n) is 4.36. The van der Waals surface area contributed by atoms with Gasteiger partial charge >= 0.3 is 0 Å². The summed E-state index contributed by atoms with van der Waals surface area (Å²) < 4.78 is 13.2. The first kappa shape index (κ1) is 14.9. The number of benzene rings is 1. The minimum Gasteiger partial charge on any atom is -0.395 e. The molecule has 0 fully saturated rings. The lowest BCUT2D eigenvalue weighted by molar-refractivity contribution is 0.296. The van der Waals surface area contributed by atoms with Gasteiger partial charge in [-0.25, -0.2) is 4.39 Å². The summed E-state index contributed by atoms with van der Waals surface area (Å²) in [6.07, 6.45) is 1.97. The Balaban J connectivity index is 3.11. The third-order valence-corrected chi connectivity index (χ3v) is 3.30. The molecule has 0 aromatic heterocycles. The molecule has 4 heteroatoms. The number of nitrogens with zero attached hydrogens (tertiary/aromatic N) is 1. The Morgan fingerprint density at radius 2 is 2.00 bits per heavy atom. The molecule has 18 heavy (non-hydrogen) atoms. The minimum absolute atomic E-state index is 0.0812. The Morgan fingerprint density at radius 1 is 1.33 bits per heavy atom. The summed E-state index contributed by atoms with van der Waals surface area (Å²) in [5, 5.41) is 9.21. The van der Waals surface area contributed by atoms with E-state index in [1.807, 2.05) is 0 Å². The SMILES string of the molecule is CCC(CC)N(CCO)c1ccc(F)cc1CN. The van der Waals surface area contributed by atoms with Crippen LogP contribution in [0.25, 0.3) is 0 Å². The molecule has 0 aliphatic rings. The molecule has 0 spiro atoms. The summed E-state index contributed by atoms with van der Waals surface area (Å²) in [7, 11) is 0. The van der Waals surface area contributed by atoms with Crippen LogP contribution in [0.1, 0.15) is 32.3 Å². The molecule has 0 aliphatic carbocycles. The zero-order chi connectivity index (χ0) is 13.5. The summed E-state index contributed by atoms with van der Waals surface area (Å²) >= 11 is 0. The highest BCUT2D eigenvalue weighted by Gasteiger charge is 2.18. The minimum atomic E-state index is -0.271. The van der Waals surface area contributed by atoms with Gasteiger partial charge in [0.25, 0.3) is 0 Å². The van der Waals surface area contributed by atoms with Crippen molar-refractivity contribution in [1.29, 1.82) is 0 Å². The average molecular weight is 254 g/mol. The van der Waals surface area contributed by atoms with Crippen LogP contribution >= 0.6 is 0 Å². The number of anilines is 1. The maximum absolute atomic E-state index is 13.2. The van der Waals surface area contributed by atoms with Gasteiger partial charge in [-0.2, -0.15) is 0 Å². The van der Waals surface area contributed by atoms with Gasteiger partial charge in [-0.05, 0) is 36.6 Å². The molecule has 0 atom stereocenters. The first-order valence-electron chi connectivity index (χ1n) is 6.53. The van der Waals surface area contributed by atoms with Crippen LogP contribution in [0.2, 0.25) is 0 Å². The highest BCUT2D eigenvalue weighted by atomic mass is 19.1. The molecule has 0 saturated carbocycles. The Labute approximate surface area is 108 Å². The largest absolute Gasteiger partial charge is 0.395 e. The van der Waals surface area contributed by atoms with Crippen molar-refractivity contribution in [3.63, 3.8) is 0 Å². The van der Waals surface area contributed by atoms with Gasteiger partial charge in [-0.15, -0.1) is 0 Å². The average Bonchev–Trinajstić information content (AvgIpc) is 2.39. The number of rotatable bonds is 7. The second-order valence-corrected chi connectivity index (χ2v) is 4.36. The highest BCUT2D eigenvalue weighted by Crippen LogP contribution is 2.25. The molecule has 0 amide bonds. The predicted octanol–water partition coefficient (Wildman–Crippen LogP) is 2.27. The molecule has 0 saturated heterocycles. The summed E-state index contributed by atoms with van der Waals surface area (Å²) in [4.78, 5) is 2.13. The number of nitrogens with two attached hydrogens (primary N) is 1. The van der Waals surface area contributed by atoms with E-state index in [0.717, 1.165) is 24.1 Å². The number of halogens is 1. The van der Waals surface area contributed by atoms with Gasteiger partial charge in [0, 0.05) is 24.8 Å². The highest BCUT2D eigenvalue weighted by molar-refractivity contribution is 5.54. The molecular formula is C14H23FN2O. The van der Waals surface area contributed by atoms with E-state index in [9.17, 15) is 9.50 Å². The molecule has 0 radical (unpaired) electrons. The molecule has 1 aromatic rings. The van der Waals surface area contributed by atoms with Gasteiger partial charge in [0.1, 0.15) is 5.82 Å². The van der Waals surface area contributed by atoms with E-state index in [-0.39, 0.29) is 12.4 Å². The van der Waals surface area contributed by atoms with Crippen LogP contribution in [0.5, 0.6) is 0 Å². The van der Waals surface area contributed by atoms with E-state index in [4.69, 9.17) is 5.73 Å². The topological polar surface area (TPSA) is 49.5 Å². The van der Waals surface area contributed by atoms with E-state index in [2.05, 4.69) is 18.7 Å². The van der Waals surface area contributed by atoms with Gasteiger partial charge in [0.2, 0.25) is 0 Å². The van der Waals surface area contributed by atoms with Crippen LogP contribution in [0.3, 0.4) is 0 Å². The lowest BCUT2D eigenvalue weighted by atomic mass is 10.1. The van der Waals surface area contributed by atoms with Crippen LogP contribution in [0.15, 0.2) is 18.2 Å². The van der Waals surface area contributed by atoms with Gasteiger partial charge < -0.3 is 15.7 Å². The molecular weight excluding hydrogens is 231 g/mol. The van der Waals surface area contributed by atoms with Crippen molar-refractivity contribution in [3.8, 4) is 0 Å². The molecule has 3 nitrogen and oxygen atoms in total. The first-order valence-corrected chi connectivity index (χ1v) is 6.53. The van der Waals surface area contributed by atoms with Gasteiger partial charge in [0.15, 0.2) is 0 Å². The Bertz CT molecular complexity index is 367. The van der Waals surface area contributed by atoms with Crippen molar-refractivity contribution in [2.75, 3.05) is 18.1 Å². The zero-order valence-corrected chi connectivity index (χ0v) is 11.2. The van der Waals surface area contributed by atoms with E-state index in [1.54, 1.807) is 6.07 Å². The number of aliphatic hydroxyl groups is 1. The fourth-order valence-electron chi connectivity index (χ4n) is 2.33. The van der Waals surface area contributed by atoms with Crippen LogP contribution in [0, 0.1) is 5.82 Å². The van der Waals surface area contributed by atoms with Crippen molar-refractivity contribution in [2.45, 2.75) is 39.3 Å². The monoisotopic (exact) mass is 254 g/mol. The standard InChI is InChI=1S/C14H23FN2O/c1-3-13(4-2)17(7-8-18)14-6-5-12(15)9-11(14)10-16/h5-6,9,13,18H,3-4,7-8,10,16H2,1-2H3. The van der Waals surface area contributed by atoms with Gasteiger partial charge in [-0.1, -0.05) is 13.8 Å². The first-order chi connectivity index (χ1) is 8.67. The molecule has 0 unspecified atom stereocenters. The van der Waals surface area contributed by atoms with Crippen LogP contribution in [-0.2, 0) is 6.54 Å². The van der Waals surface area contributed by atoms with Crippen molar-refractivity contribution in [1.82, 2.24) is 0 Å². The van der Waals surface area contributed by atoms with Crippen molar-refractivity contribution >= 4 is 5.69 Å². The molecule has 1 rings (SSSR count). The Kier molecular flexibility index (Phi) is 6.09. The molecule has 0 heterocycles. The third kappa shape index (κ3) is 3.43. The maximum atomic E-state index is 13.2. The van der Waals surface area contributed by atoms with Crippen LogP contribution in [-0.4, -0.2) is 24.3 Å². The molecule has 0 bridgehead atoms. The number of aliphatic hydroxyl groups excluding tert-OH is 1. The van der Waals surface area contributed by atoms with Gasteiger partial charge in [0.05, 0.1) is 6.61 Å². The van der Waals surface area contributed by atoms with Crippen molar-refractivity contribution in [2.24, 2.45) is 5.73 Å². The fraction of sp³-hybridized carbons (Fsp3) is 0.571. The zero-order valence-electron chi connectivity index (χ0n) is 11.2. The predicted molar refractivity (Wildman–Crippen MR) is 73.1 cm³/mol. The molecule has 3 N–H and O–H groups in total.